The van der Waals surface area contributed by atoms with Gasteiger partial charge in [-0.15, -0.1) is 11.8 Å². The fourth-order valence-electron chi connectivity index (χ4n) is 0.685. The van der Waals surface area contributed by atoms with Gasteiger partial charge in [-0.2, -0.15) is 0 Å². The third-order valence-corrected chi connectivity index (χ3v) is 2.74. The van der Waals surface area contributed by atoms with E-state index in [0.717, 1.165) is 11.8 Å². The SMILES string of the molecule is CCN=CSC(CC)CC. The highest BCUT2D eigenvalue weighted by Gasteiger charge is 1.99. The summed E-state index contributed by atoms with van der Waals surface area (Å²) < 4.78 is 0. The van der Waals surface area contributed by atoms with Gasteiger partial charge in [-0.05, 0) is 19.8 Å². The van der Waals surface area contributed by atoms with Crippen molar-refractivity contribution in [1.29, 1.82) is 0 Å². The Bertz CT molecular complexity index is 87.3. The van der Waals surface area contributed by atoms with Gasteiger partial charge in [-0.25, -0.2) is 0 Å². The first-order chi connectivity index (χ1) is 4.85. The van der Waals surface area contributed by atoms with Gasteiger partial charge in [0.1, 0.15) is 0 Å². The molecule has 0 saturated heterocycles. The Morgan fingerprint density at radius 2 is 1.90 bits per heavy atom. The zero-order chi connectivity index (χ0) is 7.82. The number of aliphatic imine (C=N–C) groups is 1. The largest absolute Gasteiger partial charge is 0.287 e. The van der Waals surface area contributed by atoms with Crippen LogP contribution in [0.3, 0.4) is 0 Å². The molecular weight excluding hydrogens is 142 g/mol. The van der Waals surface area contributed by atoms with Gasteiger partial charge < -0.3 is 0 Å². The van der Waals surface area contributed by atoms with E-state index in [0.29, 0.717) is 0 Å². The van der Waals surface area contributed by atoms with Crippen molar-refractivity contribution in [2.24, 2.45) is 4.99 Å². The average molecular weight is 159 g/mol. The number of hydrogen-bond donors (Lipinski definition) is 0. The molecule has 1 nitrogen and oxygen atoms in total. The maximum absolute atomic E-state index is 4.15. The molecule has 60 valence electrons. The summed E-state index contributed by atoms with van der Waals surface area (Å²) in [5.74, 6) is 0. The van der Waals surface area contributed by atoms with E-state index in [9.17, 15) is 0 Å². The van der Waals surface area contributed by atoms with E-state index in [1.807, 2.05) is 17.3 Å². The summed E-state index contributed by atoms with van der Waals surface area (Å²) in [7, 11) is 0. The van der Waals surface area contributed by atoms with Crippen LogP contribution in [0.15, 0.2) is 4.99 Å². The van der Waals surface area contributed by atoms with Crippen LogP contribution in [0.25, 0.3) is 0 Å². The minimum absolute atomic E-state index is 0.773. The van der Waals surface area contributed by atoms with Gasteiger partial charge in [0.05, 0.1) is 5.55 Å². The molecule has 0 amide bonds. The summed E-state index contributed by atoms with van der Waals surface area (Å²) in [6.07, 6.45) is 2.49. The van der Waals surface area contributed by atoms with Crippen LogP contribution in [-0.4, -0.2) is 17.3 Å². The summed E-state index contributed by atoms with van der Waals surface area (Å²) in [4.78, 5) is 4.15. The molecule has 0 rings (SSSR count). The molecule has 0 bridgehead atoms. The van der Waals surface area contributed by atoms with Gasteiger partial charge in [-0.1, -0.05) is 13.8 Å². The number of thioether (sulfide) groups is 1. The van der Waals surface area contributed by atoms with Crippen molar-refractivity contribution in [3.05, 3.63) is 0 Å². The highest BCUT2D eigenvalue weighted by atomic mass is 32.2. The minimum Gasteiger partial charge on any atom is -0.287 e. The maximum Gasteiger partial charge on any atom is 0.0543 e. The third-order valence-electron chi connectivity index (χ3n) is 1.42. The van der Waals surface area contributed by atoms with Crippen molar-refractivity contribution in [3.63, 3.8) is 0 Å². The Morgan fingerprint density at radius 1 is 1.30 bits per heavy atom. The second-order valence-corrected chi connectivity index (χ2v) is 3.33. The summed E-state index contributed by atoms with van der Waals surface area (Å²) in [6.45, 7) is 7.42. The zero-order valence-electron chi connectivity index (χ0n) is 7.13. The van der Waals surface area contributed by atoms with Crippen molar-refractivity contribution in [2.75, 3.05) is 6.54 Å². The molecule has 0 aromatic carbocycles. The first-order valence-corrected chi connectivity index (χ1v) is 4.93. The summed E-state index contributed by atoms with van der Waals surface area (Å²) >= 11 is 1.85. The number of hydrogen-bond acceptors (Lipinski definition) is 2. The molecule has 0 radical (unpaired) electrons. The van der Waals surface area contributed by atoms with Crippen molar-refractivity contribution < 1.29 is 0 Å². The molecule has 0 aromatic heterocycles. The van der Waals surface area contributed by atoms with Crippen LogP contribution in [0, 0.1) is 0 Å². The second kappa shape index (κ2) is 7.13. The van der Waals surface area contributed by atoms with Crippen molar-refractivity contribution in [1.82, 2.24) is 0 Å². The molecule has 10 heavy (non-hydrogen) atoms. The quantitative estimate of drug-likeness (QED) is 0.444. The fraction of sp³-hybridized carbons (Fsp3) is 0.875. The Balaban J connectivity index is 3.34. The predicted octanol–water partition coefficient (Wildman–Crippen LogP) is 2.96. The Morgan fingerprint density at radius 3 is 2.30 bits per heavy atom. The van der Waals surface area contributed by atoms with Crippen LogP contribution in [0.5, 0.6) is 0 Å². The summed E-state index contributed by atoms with van der Waals surface area (Å²) in [5.41, 5.74) is 1.98. The Kier molecular flexibility index (Phi) is 7.15. The lowest BCUT2D eigenvalue weighted by atomic mass is 10.3. The molecule has 0 fully saturated rings. The standard InChI is InChI=1S/C8H17NS/c1-4-8(5-2)10-7-9-6-3/h7-8H,4-6H2,1-3H3. The van der Waals surface area contributed by atoms with E-state index in [1.54, 1.807) is 0 Å². The molecule has 0 aromatic rings. The molecule has 0 aliphatic rings. The molecular formula is C8H17NS. The predicted molar refractivity (Wildman–Crippen MR) is 51.0 cm³/mol. The van der Waals surface area contributed by atoms with Crippen molar-refractivity contribution >= 4 is 17.3 Å². The average Bonchev–Trinajstić information content (AvgIpc) is 1.99. The summed E-state index contributed by atoms with van der Waals surface area (Å²) in [6, 6.07) is 0. The van der Waals surface area contributed by atoms with Crippen LogP contribution in [-0.2, 0) is 0 Å². The van der Waals surface area contributed by atoms with E-state index < -0.39 is 0 Å². The number of nitrogens with zero attached hydrogens (tertiary/aromatic N) is 1. The van der Waals surface area contributed by atoms with Gasteiger partial charge in [0.2, 0.25) is 0 Å². The second-order valence-electron chi connectivity index (χ2n) is 2.18. The van der Waals surface area contributed by atoms with Crippen LogP contribution in [0.4, 0.5) is 0 Å². The monoisotopic (exact) mass is 159 g/mol. The van der Waals surface area contributed by atoms with Gasteiger partial charge in [0.25, 0.3) is 0 Å². The summed E-state index contributed by atoms with van der Waals surface area (Å²) in [5, 5.41) is 0.773. The lowest BCUT2D eigenvalue weighted by Crippen LogP contribution is -1.96. The van der Waals surface area contributed by atoms with E-state index in [4.69, 9.17) is 0 Å². The van der Waals surface area contributed by atoms with Crippen LogP contribution < -0.4 is 0 Å². The van der Waals surface area contributed by atoms with E-state index in [1.165, 1.54) is 12.8 Å². The molecule has 0 aliphatic carbocycles. The molecule has 2 heteroatoms. The minimum atomic E-state index is 0.773. The normalized spacial score (nSPS) is 11.6. The number of rotatable bonds is 5. The first kappa shape index (κ1) is 10.0. The molecule has 0 heterocycles. The molecule has 0 spiro atoms. The molecule has 0 N–H and O–H groups in total. The van der Waals surface area contributed by atoms with Crippen molar-refractivity contribution in [2.45, 2.75) is 38.9 Å². The molecule has 0 unspecified atom stereocenters. The van der Waals surface area contributed by atoms with E-state index in [2.05, 4.69) is 25.8 Å². The lowest BCUT2D eigenvalue weighted by Gasteiger charge is -2.06. The van der Waals surface area contributed by atoms with Crippen molar-refractivity contribution in [3.8, 4) is 0 Å². The molecule has 0 atom stereocenters. The van der Waals surface area contributed by atoms with Gasteiger partial charge in [0, 0.05) is 11.8 Å². The Labute approximate surface area is 68.3 Å². The van der Waals surface area contributed by atoms with Gasteiger partial charge in [0.15, 0.2) is 0 Å². The topological polar surface area (TPSA) is 12.4 Å². The smallest absolute Gasteiger partial charge is 0.0543 e. The van der Waals surface area contributed by atoms with E-state index >= 15 is 0 Å². The fourth-order valence-corrected chi connectivity index (χ4v) is 1.48. The van der Waals surface area contributed by atoms with Crippen LogP contribution in [0.2, 0.25) is 0 Å². The Hall–Kier alpha value is 0.0200. The highest BCUT2D eigenvalue weighted by Crippen LogP contribution is 2.14. The van der Waals surface area contributed by atoms with Gasteiger partial charge >= 0.3 is 0 Å². The van der Waals surface area contributed by atoms with Crippen LogP contribution in [0.1, 0.15) is 33.6 Å². The first-order valence-electron chi connectivity index (χ1n) is 3.98. The maximum atomic E-state index is 4.15. The molecule has 0 saturated carbocycles. The van der Waals surface area contributed by atoms with E-state index in [-0.39, 0.29) is 0 Å². The molecule has 0 aliphatic heterocycles. The lowest BCUT2D eigenvalue weighted by molar-refractivity contribution is 0.796. The zero-order valence-corrected chi connectivity index (χ0v) is 7.95. The van der Waals surface area contributed by atoms with Crippen LogP contribution >= 0.6 is 11.8 Å². The highest BCUT2D eigenvalue weighted by molar-refractivity contribution is 8.12. The third kappa shape index (κ3) is 4.86. The van der Waals surface area contributed by atoms with Gasteiger partial charge in [-0.3, -0.25) is 4.99 Å².